The summed E-state index contributed by atoms with van der Waals surface area (Å²) in [6, 6.07) is 6.22. The van der Waals surface area contributed by atoms with Gasteiger partial charge in [0, 0.05) is 24.5 Å². The molecule has 3 unspecified atom stereocenters. The number of halogens is 2. The maximum Gasteiger partial charge on any atom is 0.241 e. The molecule has 0 aromatic heterocycles. The van der Waals surface area contributed by atoms with Crippen LogP contribution in [0.4, 0.5) is 4.39 Å². The summed E-state index contributed by atoms with van der Waals surface area (Å²) in [6.45, 7) is 5.00. The van der Waals surface area contributed by atoms with E-state index in [1.165, 1.54) is 12.1 Å². The molecule has 1 saturated heterocycles. The number of nitrogens with one attached hydrogen (secondary N) is 1. The lowest BCUT2D eigenvalue weighted by Crippen LogP contribution is -2.82. The Labute approximate surface area is 142 Å². The average molecular weight is 343 g/mol. The molecule has 1 heterocycles. The fourth-order valence-corrected chi connectivity index (χ4v) is 4.01. The van der Waals surface area contributed by atoms with Crippen LogP contribution in [0, 0.1) is 17.2 Å². The van der Waals surface area contributed by atoms with Gasteiger partial charge < -0.3 is 15.8 Å². The summed E-state index contributed by atoms with van der Waals surface area (Å²) in [5.74, 6) is -0.420. The lowest BCUT2D eigenvalue weighted by molar-refractivity contribution is -0.225. The average Bonchev–Trinajstić information content (AvgIpc) is 2.51. The molecule has 1 aromatic carbocycles. The second-order valence-electron chi connectivity index (χ2n) is 6.94. The first-order chi connectivity index (χ1) is 10.4. The molecule has 3 rings (SSSR count). The number of hydrogen-bond donors (Lipinski definition) is 2. The smallest absolute Gasteiger partial charge is 0.241 e. The fourth-order valence-electron chi connectivity index (χ4n) is 4.01. The Kier molecular flexibility index (Phi) is 5.04. The Bertz CT molecular complexity index is 596. The number of benzene rings is 1. The van der Waals surface area contributed by atoms with Gasteiger partial charge in [0.25, 0.3) is 0 Å². The predicted molar refractivity (Wildman–Crippen MR) is 88.7 cm³/mol. The van der Waals surface area contributed by atoms with Crippen LogP contribution in [0.5, 0.6) is 0 Å². The molecule has 0 bridgehead atoms. The van der Waals surface area contributed by atoms with E-state index in [9.17, 15) is 9.18 Å². The molecule has 3 atom stereocenters. The number of hydrogen-bond acceptors (Lipinski definition) is 3. The van der Waals surface area contributed by atoms with Gasteiger partial charge in [-0.2, -0.15) is 0 Å². The van der Waals surface area contributed by atoms with Gasteiger partial charge in [0.2, 0.25) is 5.91 Å². The maximum atomic E-state index is 13.2. The lowest BCUT2D eigenvalue weighted by atomic mass is 9.46. The van der Waals surface area contributed by atoms with E-state index in [1.807, 2.05) is 13.8 Å². The van der Waals surface area contributed by atoms with Gasteiger partial charge in [-0.25, -0.2) is 4.39 Å². The van der Waals surface area contributed by atoms with E-state index in [2.05, 4.69) is 5.32 Å². The minimum absolute atomic E-state index is 0. The predicted octanol–water partition coefficient (Wildman–Crippen LogP) is 2.40. The van der Waals surface area contributed by atoms with Gasteiger partial charge >= 0.3 is 0 Å². The van der Waals surface area contributed by atoms with E-state index in [0.717, 1.165) is 25.0 Å². The van der Waals surface area contributed by atoms with Crippen molar-refractivity contribution in [2.24, 2.45) is 17.1 Å². The van der Waals surface area contributed by atoms with Crippen LogP contribution in [0.3, 0.4) is 0 Å². The topological polar surface area (TPSA) is 64.3 Å². The molecule has 0 radical (unpaired) electrons. The fraction of sp³-hybridized carbons (Fsp3) is 0.588. The van der Waals surface area contributed by atoms with Crippen molar-refractivity contribution in [2.45, 2.75) is 44.9 Å². The number of carbonyl (C=O) groups excluding carboxylic acids is 1. The Balaban J connectivity index is 0.00000192. The van der Waals surface area contributed by atoms with E-state index in [-0.39, 0.29) is 42.7 Å². The molecular formula is C17H24ClFN2O2. The first kappa shape index (κ1) is 18.2. The van der Waals surface area contributed by atoms with Crippen molar-refractivity contribution in [3.8, 4) is 0 Å². The third-order valence-electron chi connectivity index (χ3n) is 5.40. The van der Waals surface area contributed by atoms with Gasteiger partial charge in [0.15, 0.2) is 0 Å². The third kappa shape index (κ3) is 2.75. The van der Waals surface area contributed by atoms with Crippen molar-refractivity contribution < 1.29 is 13.9 Å². The lowest BCUT2D eigenvalue weighted by Gasteiger charge is -2.65. The van der Waals surface area contributed by atoms with E-state index >= 15 is 0 Å². The van der Waals surface area contributed by atoms with Gasteiger partial charge in [-0.1, -0.05) is 26.0 Å². The molecule has 23 heavy (non-hydrogen) atoms. The van der Waals surface area contributed by atoms with E-state index < -0.39 is 11.0 Å². The number of ether oxygens (including phenoxy) is 1. The molecule has 3 N–H and O–H groups in total. The van der Waals surface area contributed by atoms with Crippen molar-refractivity contribution in [3.63, 3.8) is 0 Å². The zero-order valence-electron chi connectivity index (χ0n) is 13.5. The monoisotopic (exact) mass is 342 g/mol. The second-order valence-corrected chi connectivity index (χ2v) is 6.94. The molecule has 1 aliphatic heterocycles. The highest BCUT2D eigenvalue weighted by atomic mass is 35.5. The van der Waals surface area contributed by atoms with Crippen LogP contribution >= 0.6 is 12.4 Å². The molecule has 128 valence electrons. The third-order valence-corrected chi connectivity index (χ3v) is 5.40. The first-order valence-electron chi connectivity index (χ1n) is 7.80. The van der Waals surface area contributed by atoms with Gasteiger partial charge in [-0.15, -0.1) is 12.4 Å². The van der Waals surface area contributed by atoms with Crippen LogP contribution in [0.1, 0.15) is 32.3 Å². The first-order valence-corrected chi connectivity index (χ1v) is 7.80. The van der Waals surface area contributed by atoms with Crippen molar-refractivity contribution >= 4 is 18.3 Å². The standard InChI is InChI=1S/C17H23FN2O2.ClH/c1-16(2)14-13(7-4-8-22-14)17(16,19)15(21)20-10-11-5-3-6-12(18)9-11;/h3,5-6,9,13-14H,4,7-8,10,19H2,1-2H3,(H,20,21);1H. The molecule has 2 fully saturated rings. The summed E-state index contributed by atoms with van der Waals surface area (Å²) >= 11 is 0. The quantitative estimate of drug-likeness (QED) is 0.886. The van der Waals surface area contributed by atoms with E-state index in [0.29, 0.717) is 0 Å². The summed E-state index contributed by atoms with van der Waals surface area (Å²) in [6.07, 6.45) is 1.90. The molecule has 1 amide bonds. The number of amides is 1. The molecule has 4 nitrogen and oxygen atoms in total. The minimum atomic E-state index is -0.925. The molecule has 6 heteroatoms. The normalized spacial score (nSPS) is 31.3. The summed E-state index contributed by atoms with van der Waals surface area (Å²) in [4.78, 5) is 12.7. The SMILES string of the molecule is CC1(C)C2OCCCC2C1(N)C(=O)NCc1cccc(F)c1.Cl. The van der Waals surface area contributed by atoms with Crippen LogP contribution in [0.15, 0.2) is 24.3 Å². The molecule has 1 aromatic rings. The maximum absolute atomic E-state index is 13.2. The number of rotatable bonds is 3. The van der Waals surface area contributed by atoms with Crippen molar-refractivity contribution in [1.82, 2.24) is 5.32 Å². The zero-order valence-corrected chi connectivity index (χ0v) is 14.3. The highest BCUT2D eigenvalue weighted by molar-refractivity contribution is 5.89. The summed E-state index contributed by atoms with van der Waals surface area (Å²) < 4.78 is 19.0. The van der Waals surface area contributed by atoms with Crippen molar-refractivity contribution in [2.75, 3.05) is 6.61 Å². The highest BCUT2D eigenvalue weighted by Crippen LogP contribution is 2.57. The summed E-state index contributed by atoms with van der Waals surface area (Å²) in [5, 5.41) is 2.87. The highest BCUT2D eigenvalue weighted by Gasteiger charge is 2.70. The molecule has 1 saturated carbocycles. The molecule has 2 aliphatic rings. The molecule has 0 spiro atoms. The van der Waals surface area contributed by atoms with Crippen LogP contribution in [-0.2, 0) is 16.1 Å². The van der Waals surface area contributed by atoms with E-state index in [4.69, 9.17) is 10.5 Å². The van der Waals surface area contributed by atoms with Crippen LogP contribution in [0.25, 0.3) is 0 Å². The second kappa shape index (κ2) is 6.38. The Morgan fingerprint density at radius 2 is 2.22 bits per heavy atom. The van der Waals surface area contributed by atoms with Gasteiger partial charge in [0.1, 0.15) is 11.4 Å². The van der Waals surface area contributed by atoms with Crippen LogP contribution in [-0.4, -0.2) is 24.2 Å². The van der Waals surface area contributed by atoms with Gasteiger partial charge in [0.05, 0.1) is 6.10 Å². The number of nitrogens with two attached hydrogens (primary N) is 1. The van der Waals surface area contributed by atoms with Crippen molar-refractivity contribution in [1.29, 1.82) is 0 Å². The minimum Gasteiger partial charge on any atom is -0.377 e. The Morgan fingerprint density at radius 1 is 1.48 bits per heavy atom. The van der Waals surface area contributed by atoms with Crippen molar-refractivity contribution in [3.05, 3.63) is 35.6 Å². The van der Waals surface area contributed by atoms with Crippen LogP contribution in [0.2, 0.25) is 0 Å². The largest absolute Gasteiger partial charge is 0.377 e. The summed E-state index contributed by atoms with van der Waals surface area (Å²) in [7, 11) is 0. The molecule has 1 aliphatic carbocycles. The van der Waals surface area contributed by atoms with E-state index in [1.54, 1.807) is 12.1 Å². The van der Waals surface area contributed by atoms with Gasteiger partial charge in [-0.3, -0.25) is 4.79 Å². The Hall–Kier alpha value is -1.17. The number of carbonyl (C=O) groups is 1. The molecular weight excluding hydrogens is 319 g/mol. The van der Waals surface area contributed by atoms with Gasteiger partial charge in [-0.05, 0) is 30.5 Å². The zero-order chi connectivity index (χ0) is 16.0. The summed E-state index contributed by atoms with van der Waals surface area (Å²) in [5.41, 5.74) is 5.91. The van der Waals surface area contributed by atoms with Crippen LogP contribution < -0.4 is 11.1 Å². The number of fused-ring (bicyclic) bond motifs is 1. The Morgan fingerprint density at radius 3 is 2.91 bits per heavy atom.